The Labute approximate surface area is 205 Å². The normalized spacial score (nSPS) is 18.1. The minimum atomic E-state index is -0.651. The number of benzene rings is 2. The smallest absolute Gasteiger partial charge is 0.251 e. The van der Waals surface area contributed by atoms with Crippen LogP contribution in [0.5, 0.6) is 11.5 Å². The molecule has 2 heterocycles. The van der Waals surface area contributed by atoms with Gasteiger partial charge in [0.2, 0.25) is 12.7 Å². The number of ether oxygens (including phenoxy) is 3. The van der Waals surface area contributed by atoms with Crippen molar-refractivity contribution in [2.24, 2.45) is 5.92 Å². The molecule has 2 N–H and O–H groups in total. The molecule has 0 bridgehead atoms. The van der Waals surface area contributed by atoms with E-state index < -0.39 is 6.04 Å². The summed E-state index contributed by atoms with van der Waals surface area (Å²) in [5.74, 6) is 0.934. The number of amides is 2. The summed E-state index contributed by atoms with van der Waals surface area (Å²) in [6.07, 6.45) is 2.30. The highest BCUT2D eigenvalue weighted by Crippen LogP contribution is 2.40. The van der Waals surface area contributed by atoms with Crippen LogP contribution in [0, 0.1) is 5.92 Å². The Kier molecular flexibility index (Phi) is 7.63. The lowest BCUT2D eigenvalue weighted by Crippen LogP contribution is -2.53. The van der Waals surface area contributed by atoms with E-state index in [1.165, 1.54) is 0 Å². The third-order valence-electron chi connectivity index (χ3n) is 6.92. The van der Waals surface area contributed by atoms with Crippen LogP contribution in [-0.2, 0) is 14.9 Å². The van der Waals surface area contributed by atoms with Crippen molar-refractivity contribution < 1.29 is 23.8 Å². The van der Waals surface area contributed by atoms with Crippen LogP contribution in [0.15, 0.2) is 42.5 Å². The second-order valence-electron chi connectivity index (χ2n) is 9.02. The summed E-state index contributed by atoms with van der Waals surface area (Å²) in [7, 11) is 0. The van der Waals surface area contributed by atoms with Gasteiger partial charge in [-0.1, -0.05) is 37.9 Å². The molecule has 2 aromatic carbocycles. The molecule has 34 heavy (non-hydrogen) atoms. The number of hydrogen-bond donors (Lipinski definition) is 2. The average molecular weight is 487 g/mol. The Morgan fingerprint density at radius 1 is 1.06 bits per heavy atom. The fraction of sp³-hybridized carbons (Fsp3) is 0.462. The zero-order chi connectivity index (χ0) is 24.1. The Hall–Kier alpha value is -2.77. The Bertz CT molecular complexity index is 1020. The van der Waals surface area contributed by atoms with Crippen LogP contribution in [0.3, 0.4) is 0 Å². The van der Waals surface area contributed by atoms with Crippen molar-refractivity contribution in [2.45, 2.75) is 44.6 Å². The van der Waals surface area contributed by atoms with Crippen molar-refractivity contribution >= 4 is 23.4 Å². The fourth-order valence-electron chi connectivity index (χ4n) is 4.45. The summed E-state index contributed by atoms with van der Waals surface area (Å²) in [6.45, 7) is 5.87. The lowest BCUT2D eigenvalue weighted by molar-refractivity contribution is -0.124. The van der Waals surface area contributed by atoms with E-state index >= 15 is 0 Å². The van der Waals surface area contributed by atoms with Gasteiger partial charge < -0.3 is 24.8 Å². The van der Waals surface area contributed by atoms with E-state index in [1.807, 2.05) is 32.0 Å². The number of hydrogen-bond acceptors (Lipinski definition) is 5. The average Bonchev–Trinajstić information content (AvgIpc) is 3.34. The minimum absolute atomic E-state index is 0.0348. The predicted octanol–water partition coefficient (Wildman–Crippen LogP) is 4.08. The first-order chi connectivity index (χ1) is 16.4. The second-order valence-corrected chi connectivity index (χ2v) is 9.46. The molecule has 4 rings (SSSR count). The van der Waals surface area contributed by atoms with E-state index in [-0.39, 0.29) is 29.9 Å². The molecule has 2 unspecified atom stereocenters. The van der Waals surface area contributed by atoms with Crippen LogP contribution in [-0.4, -0.2) is 44.4 Å². The molecular weight excluding hydrogens is 456 g/mol. The fourth-order valence-corrected chi connectivity index (χ4v) is 4.58. The molecule has 0 aromatic heterocycles. The van der Waals surface area contributed by atoms with E-state index in [0.717, 1.165) is 36.3 Å². The highest BCUT2D eigenvalue weighted by Gasteiger charge is 2.37. The zero-order valence-electron chi connectivity index (χ0n) is 19.6. The van der Waals surface area contributed by atoms with Crippen LogP contribution in [0.4, 0.5) is 0 Å². The first-order valence-electron chi connectivity index (χ1n) is 11.7. The van der Waals surface area contributed by atoms with Gasteiger partial charge in [0.15, 0.2) is 11.5 Å². The van der Waals surface area contributed by atoms with Crippen molar-refractivity contribution in [3.05, 3.63) is 58.6 Å². The van der Waals surface area contributed by atoms with E-state index in [9.17, 15) is 9.59 Å². The summed E-state index contributed by atoms with van der Waals surface area (Å²) in [4.78, 5) is 26.2. The first-order valence-corrected chi connectivity index (χ1v) is 12.1. The Morgan fingerprint density at radius 2 is 1.76 bits per heavy atom. The maximum absolute atomic E-state index is 13.3. The van der Waals surface area contributed by atoms with Crippen LogP contribution in [0.25, 0.3) is 0 Å². The summed E-state index contributed by atoms with van der Waals surface area (Å²) >= 11 is 5.94. The number of carbonyl (C=O) groups is 2. The molecule has 2 atom stereocenters. The molecule has 1 saturated heterocycles. The van der Waals surface area contributed by atoms with Gasteiger partial charge in [-0.25, -0.2) is 0 Å². The van der Waals surface area contributed by atoms with Crippen LogP contribution < -0.4 is 20.1 Å². The van der Waals surface area contributed by atoms with E-state index in [4.69, 9.17) is 25.8 Å². The second kappa shape index (κ2) is 10.7. The summed E-state index contributed by atoms with van der Waals surface area (Å²) in [5, 5.41) is 6.61. The molecular formula is C26H31ClN2O5. The number of carbonyl (C=O) groups excluding carboxylic acids is 2. The number of rotatable bonds is 8. The topological polar surface area (TPSA) is 85.9 Å². The van der Waals surface area contributed by atoms with Gasteiger partial charge >= 0.3 is 0 Å². The standard InChI is InChI=1S/C26H31ClN2O5/c1-3-17(2)23(29-24(30)18-4-7-20(27)8-5-18)25(31)28-15-26(10-12-32-13-11-26)19-6-9-21-22(14-19)34-16-33-21/h4-9,14,17,23H,3,10-13,15-16H2,1-2H3,(H,28,31)(H,29,30). The van der Waals surface area contributed by atoms with Gasteiger partial charge in [0.05, 0.1) is 0 Å². The van der Waals surface area contributed by atoms with E-state index in [0.29, 0.717) is 30.3 Å². The summed E-state index contributed by atoms with van der Waals surface area (Å²) in [5.41, 5.74) is 1.27. The monoisotopic (exact) mass is 486 g/mol. The molecule has 182 valence electrons. The third kappa shape index (κ3) is 5.31. The van der Waals surface area contributed by atoms with Crippen molar-refractivity contribution in [3.63, 3.8) is 0 Å². The number of fused-ring (bicyclic) bond motifs is 1. The molecule has 7 nitrogen and oxygen atoms in total. The predicted molar refractivity (Wildman–Crippen MR) is 129 cm³/mol. The lowest BCUT2D eigenvalue weighted by atomic mass is 9.74. The lowest BCUT2D eigenvalue weighted by Gasteiger charge is -2.38. The zero-order valence-corrected chi connectivity index (χ0v) is 20.3. The third-order valence-corrected chi connectivity index (χ3v) is 7.18. The van der Waals surface area contributed by atoms with Gasteiger partial charge in [0.1, 0.15) is 6.04 Å². The van der Waals surface area contributed by atoms with Gasteiger partial charge in [0.25, 0.3) is 5.91 Å². The van der Waals surface area contributed by atoms with E-state index in [1.54, 1.807) is 24.3 Å². The van der Waals surface area contributed by atoms with Crippen molar-refractivity contribution in [2.75, 3.05) is 26.6 Å². The first kappa shape index (κ1) is 24.4. The maximum atomic E-state index is 13.3. The quantitative estimate of drug-likeness (QED) is 0.587. The summed E-state index contributed by atoms with van der Waals surface area (Å²) < 4.78 is 16.7. The molecule has 2 aromatic rings. The molecule has 0 spiro atoms. The molecule has 2 amide bonds. The van der Waals surface area contributed by atoms with Gasteiger partial charge in [-0.15, -0.1) is 0 Å². The summed E-state index contributed by atoms with van der Waals surface area (Å²) in [6, 6.07) is 11.9. The molecule has 0 radical (unpaired) electrons. The molecule has 0 aliphatic carbocycles. The number of halogens is 1. The Balaban J connectivity index is 1.49. The van der Waals surface area contributed by atoms with Crippen molar-refractivity contribution in [1.29, 1.82) is 0 Å². The molecule has 0 saturated carbocycles. The minimum Gasteiger partial charge on any atom is -0.454 e. The molecule has 1 fully saturated rings. The number of nitrogens with one attached hydrogen (secondary N) is 2. The van der Waals surface area contributed by atoms with Crippen molar-refractivity contribution in [1.82, 2.24) is 10.6 Å². The van der Waals surface area contributed by atoms with Crippen LogP contribution >= 0.6 is 11.6 Å². The van der Waals surface area contributed by atoms with Crippen LogP contribution in [0.1, 0.15) is 49.0 Å². The molecule has 2 aliphatic rings. The van der Waals surface area contributed by atoms with Crippen LogP contribution in [0.2, 0.25) is 5.02 Å². The molecule has 8 heteroatoms. The maximum Gasteiger partial charge on any atom is 0.251 e. The van der Waals surface area contributed by atoms with Gasteiger partial charge in [-0.2, -0.15) is 0 Å². The highest BCUT2D eigenvalue weighted by atomic mass is 35.5. The van der Waals surface area contributed by atoms with Crippen molar-refractivity contribution in [3.8, 4) is 11.5 Å². The largest absolute Gasteiger partial charge is 0.454 e. The molecule has 2 aliphatic heterocycles. The van der Waals surface area contributed by atoms with Gasteiger partial charge in [-0.3, -0.25) is 9.59 Å². The SMILES string of the molecule is CCC(C)C(NC(=O)c1ccc(Cl)cc1)C(=O)NCC1(c2ccc3c(c2)OCO3)CCOCC1. The van der Waals surface area contributed by atoms with Gasteiger partial charge in [0, 0.05) is 35.8 Å². The highest BCUT2D eigenvalue weighted by molar-refractivity contribution is 6.30. The Morgan fingerprint density at radius 3 is 2.47 bits per heavy atom. The van der Waals surface area contributed by atoms with E-state index in [2.05, 4.69) is 10.6 Å². The van der Waals surface area contributed by atoms with Gasteiger partial charge in [-0.05, 0) is 60.7 Å².